The zero-order valence-corrected chi connectivity index (χ0v) is 51.2. The minimum absolute atomic E-state index is 0.0182. The molecule has 90 heavy (non-hydrogen) atoms. The average molecular weight is 1290 g/mol. The number of aliphatic hydroxyl groups is 2. The van der Waals surface area contributed by atoms with Crippen molar-refractivity contribution < 1.29 is 63.3 Å². The molecule has 0 aliphatic carbocycles. The van der Waals surface area contributed by atoms with Crippen molar-refractivity contribution in [1.82, 2.24) is 47.0 Å². The molecule has 2 saturated heterocycles. The standard InChI is InChI=1S/C56H83N19O13S2/c57-35(14-4-18-64-54(58)59)45(79)69-36(15-5-19-65-55(60)61)51(85)75-29-32(77)25-43(75)52(86)74-21-7-17-42(74)50(84)67-28-44(78)68-39(26-33-12-8-22-89-33)47(81)73-41(30-76)49(83)71-38(24-31-10-2-1-3-11-31)46(80)72-40(27-34-13-9-23-90-34)48(82)70-37(53(87)88)16-6-20-66-56(62)63/h1-3,8-13,22-23,32,35-43,76-77H,4-7,14-21,24-30,57H2,(H,67,84)(H,68,78)(H,69,79)(H,70,82)(H,71,83)(H,72,80)(H,73,81)(H,87,88)(H4,58,59,64)(H4,60,61,65)(H4,62,63,66). The number of nitrogens with zero attached hydrogens (tertiary/aromatic N) is 5. The number of carboxylic acid groups (broad SMARTS) is 1. The van der Waals surface area contributed by atoms with Crippen molar-refractivity contribution in [3.05, 3.63) is 80.7 Å². The van der Waals surface area contributed by atoms with Gasteiger partial charge in [0.25, 0.3) is 0 Å². The number of hydrogen-bond donors (Lipinski definition) is 17. The van der Waals surface area contributed by atoms with E-state index in [0.717, 1.165) is 4.90 Å². The smallest absolute Gasteiger partial charge is 0.326 e. The van der Waals surface area contributed by atoms with Gasteiger partial charge in [0.2, 0.25) is 53.2 Å². The second-order valence-electron chi connectivity index (χ2n) is 21.5. The maximum absolute atomic E-state index is 14.4. The monoisotopic (exact) mass is 1290 g/mol. The molecule has 24 N–H and O–H groups in total. The number of thiophene rings is 2. The summed E-state index contributed by atoms with van der Waals surface area (Å²) in [5.41, 5.74) is 39.2. The van der Waals surface area contributed by atoms with Crippen LogP contribution in [0.1, 0.15) is 73.1 Å². The molecule has 34 heteroatoms. The molecule has 4 heterocycles. The summed E-state index contributed by atoms with van der Waals surface area (Å²) in [6, 6.07) is 3.33. The maximum Gasteiger partial charge on any atom is 0.326 e. The fourth-order valence-electron chi connectivity index (χ4n) is 9.99. The number of carbonyl (C=O) groups excluding carboxylic acids is 9. The molecule has 9 amide bonds. The Bertz CT molecular complexity index is 2980. The van der Waals surface area contributed by atoms with Crippen LogP contribution in [0.25, 0.3) is 0 Å². The number of likely N-dealkylation sites (tertiary alicyclic amines) is 2. The Morgan fingerprint density at radius 3 is 1.59 bits per heavy atom. The van der Waals surface area contributed by atoms with Crippen LogP contribution in [0, 0.1) is 0 Å². The molecule has 1 aromatic carbocycles. The van der Waals surface area contributed by atoms with E-state index in [2.05, 4.69) is 52.2 Å². The fraction of sp³-hybridized carbons (Fsp3) is 0.518. The number of carbonyl (C=O) groups is 10. The van der Waals surface area contributed by atoms with E-state index < -0.39 is 133 Å². The maximum atomic E-state index is 14.4. The summed E-state index contributed by atoms with van der Waals surface area (Å²) in [4.78, 5) is 154. The molecule has 32 nitrogen and oxygen atoms in total. The highest BCUT2D eigenvalue weighted by Crippen LogP contribution is 2.27. The van der Waals surface area contributed by atoms with Gasteiger partial charge in [-0.3, -0.25) is 58.1 Å². The Kier molecular flexibility index (Phi) is 29.1. The molecule has 492 valence electrons. The highest BCUT2D eigenvalue weighted by Gasteiger charge is 2.46. The molecule has 0 saturated carbocycles. The zero-order chi connectivity index (χ0) is 65.9. The lowest BCUT2D eigenvalue weighted by atomic mass is 10.0. The number of carboxylic acids is 1. The summed E-state index contributed by atoms with van der Waals surface area (Å²) in [7, 11) is 0. The predicted octanol–water partition coefficient (Wildman–Crippen LogP) is -5.62. The molecule has 2 aliphatic heterocycles. The predicted molar refractivity (Wildman–Crippen MR) is 334 cm³/mol. The number of β-amino-alcohol motifs (C(OH)–C–C–N with tert-alkyl or cyclic N) is 1. The van der Waals surface area contributed by atoms with Gasteiger partial charge in [0.05, 0.1) is 25.3 Å². The minimum Gasteiger partial charge on any atom is -0.480 e. The lowest BCUT2D eigenvalue weighted by molar-refractivity contribution is -0.148. The van der Waals surface area contributed by atoms with Gasteiger partial charge < -0.3 is 102 Å². The lowest BCUT2D eigenvalue weighted by Crippen LogP contribution is -2.60. The number of rotatable bonds is 36. The van der Waals surface area contributed by atoms with E-state index in [1.165, 1.54) is 27.6 Å². The number of amides is 9. The number of nitrogens with one attached hydrogen (secondary N) is 7. The average Bonchev–Trinajstić information content (AvgIpc) is 1.68. The molecule has 0 radical (unpaired) electrons. The van der Waals surface area contributed by atoms with Gasteiger partial charge in [-0.15, -0.1) is 22.7 Å². The number of aliphatic hydroxyl groups excluding tert-OH is 2. The number of aliphatic imine (C=N–C) groups is 3. The third kappa shape index (κ3) is 23.5. The summed E-state index contributed by atoms with van der Waals surface area (Å²) in [5.74, 6) is -9.16. The molecule has 5 rings (SSSR count). The van der Waals surface area contributed by atoms with E-state index in [4.69, 9.17) is 40.1 Å². The van der Waals surface area contributed by atoms with E-state index in [9.17, 15) is 63.3 Å². The molecule has 3 aromatic rings. The van der Waals surface area contributed by atoms with Crippen LogP contribution in [-0.2, 0) is 67.2 Å². The van der Waals surface area contributed by atoms with E-state index in [-0.39, 0.29) is 115 Å². The van der Waals surface area contributed by atoms with E-state index in [0.29, 0.717) is 28.2 Å². The Hall–Kier alpha value is -8.99. The second-order valence-corrected chi connectivity index (χ2v) is 23.5. The van der Waals surface area contributed by atoms with Crippen molar-refractivity contribution in [1.29, 1.82) is 0 Å². The van der Waals surface area contributed by atoms with Crippen molar-refractivity contribution in [2.24, 2.45) is 55.1 Å². The minimum atomic E-state index is -1.72. The highest BCUT2D eigenvalue weighted by atomic mass is 32.1. The van der Waals surface area contributed by atoms with Gasteiger partial charge >= 0.3 is 5.97 Å². The largest absolute Gasteiger partial charge is 0.480 e. The molecule has 2 aromatic heterocycles. The van der Waals surface area contributed by atoms with Crippen LogP contribution in [0.3, 0.4) is 0 Å². The molecule has 0 bridgehead atoms. The quantitative estimate of drug-likeness (QED) is 0.0147. The summed E-state index contributed by atoms with van der Waals surface area (Å²) < 4.78 is 0. The van der Waals surface area contributed by atoms with Gasteiger partial charge in [0.15, 0.2) is 17.9 Å². The van der Waals surface area contributed by atoms with Crippen LogP contribution < -0.4 is 77.4 Å². The van der Waals surface area contributed by atoms with Gasteiger partial charge in [-0.05, 0) is 79.8 Å². The summed E-state index contributed by atoms with van der Waals surface area (Å²) in [6.07, 6.45) is -0.246. The zero-order valence-electron chi connectivity index (χ0n) is 49.6. The number of guanidine groups is 3. The first-order valence-corrected chi connectivity index (χ1v) is 30.9. The van der Waals surface area contributed by atoms with Crippen LogP contribution >= 0.6 is 22.7 Å². The summed E-state index contributed by atoms with van der Waals surface area (Å²) >= 11 is 2.54. The van der Waals surface area contributed by atoms with Crippen molar-refractivity contribution in [3.63, 3.8) is 0 Å². The Morgan fingerprint density at radius 1 is 0.578 bits per heavy atom. The first-order valence-electron chi connectivity index (χ1n) is 29.2. The SMILES string of the molecule is NC(N)=NCCCC(N)C(=O)NC(CCCN=C(N)N)C(=O)N1CC(O)CC1C(=O)N1CCCC1C(=O)NCC(=O)NC(Cc1cccs1)C(=O)NC(CO)C(=O)NC(Cc1ccccc1)C(=O)NC(Cc1cccs1)C(=O)NC(CCCN=C(N)N)C(=O)O. The van der Waals surface area contributed by atoms with Crippen molar-refractivity contribution in [2.75, 3.05) is 45.9 Å². The van der Waals surface area contributed by atoms with Crippen LogP contribution in [0.2, 0.25) is 0 Å². The Labute approximate surface area is 527 Å². The third-order valence-corrected chi connectivity index (χ3v) is 16.3. The van der Waals surface area contributed by atoms with Gasteiger partial charge in [0.1, 0.15) is 48.3 Å². The fourth-order valence-corrected chi connectivity index (χ4v) is 11.5. The van der Waals surface area contributed by atoms with Crippen molar-refractivity contribution >= 4 is 99.7 Å². The number of benzene rings is 1. The van der Waals surface area contributed by atoms with Crippen molar-refractivity contribution in [2.45, 2.75) is 138 Å². The van der Waals surface area contributed by atoms with E-state index in [1.807, 2.05) is 0 Å². The lowest BCUT2D eigenvalue weighted by Gasteiger charge is -2.33. The first kappa shape index (κ1) is 71.8. The molecular weight excluding hydrogens is 1210 g/mol. The number of aliphatic carboxylic acids is 1. The highest BCUT2D eigenvalue weighted by molar-refractivity contribution is 7.10. The molecule has 10 unspecified atom stereocenters. The first-order chi connectivity index (χ1) is 42.9. The molecular formula is C56H83N19O13S2. The molecule has 10 atom stereocenters. The van der Waals surface area contributed by atoms with Crippen molar-refractivity contribution in [3.8, 4) is 0 Å². The molecule has 2 fully saturated rings. The van der Waals surface area contributed by atoms with E-state index in [1.54, 1.807) is 65.4 Å². The van der Waals surface area contributed by atoms with E-state index >= 15 is 0 Å². The number of nitrogens with two attached hydrogens (primary N) is 7. The van der Waals surface area contributed by atoms with Crippen LogP contribution in [0.4, 0.5) is 0 Å². The Morgan fingerprint density at radius 2 is 1.07 bits per heavy atom. The normalized spacial score (nSPS) is 17.5. The summed E-state index contributed by atoms with van der Waals surface area (Å²) in [6.45, 7) is -1.48. The molecule has 0 spiro atoms. The molecule has 2 aliphatic rings. The van der Waals surface area contributed by atoms with Gasteiger partial charge in [-0.2, -0.15) is 0 Å². The van der Waals surface area contributed by atoms with Gasteiger partial charge in [-0.25, -0.2) is 4.79 Å². The summed E-state index contributed by atoms with van der Waals surface area (Å²) in [5, 5.41) is 52.8. The van der Waals surface area contributed by atoms with Crippen LogP contribution in [-0.4, -0.2) is 208 Å². The van der Waals surface area contributed by atoms with Crippen LogP contribution in [0.15, 0.2) is 80.3 Å². The topological polar surface area (TPSA) is 541 Å². The van der Waals surface area contributed by atoms with Gasteiger partial charge in [0, 0.05) is 68.2 Å². The second kappa shape index (κ2) is 36.5. The van der Waals surface area contributed by atoms with Gasteiger partial charge in [-0.1, -0.05) is 42.5 Å². The third-order valence-electron chi connectivity index (χ3n) is 14.5. The van der Waals surface area contributed by atoms with Crippen LogP contribution in [0.5, 0.6) is 0 Å². The Balaban J connectivity index is 1.25. The number of hydrogen-bond acceptors (Lipinski definition) is 18.